The third-order valence-corrected chi connectivity index (χ3v) is 3.77. The first-order chi connectivity index (χ1) is 9.08. The molecule has 1 aliphatic rings. The average molecular weight is 304 g/mol. The number of nitrogens with one attached hydrogen (secondary N) is 1. The molecular weight excluding hydrogens is 289 g/mol. The van der Waals surface area contributed by atoms with Gasteiger partial charge in [-0.05, 0) is 18.9 Å². The summed E-state index contributed by atoms with van der Waals surface area (Å²) in [6.07, 6.45) is 2.02. The minimum Gasteiger partial charge on any atom is -0.493 e. The van der Waals surface area contributed by atoms with E-state index in [-0.39, 0.29) is 11.9 Å². The van der Waals surface area contributed by atoms with E-state index < -0.39 is 5.38 Å². The molecule has 1 aromatic carbocycles. The summed E-state index contributed by atoms with van der Waals surface area (Å²) < 4.78 is 10.3. The predicted octanol–water partition coefficient (Wildman–Crippen LogP) is 2.92. The Hall–Kier alpha value is -1.13. The van der Waals surface area contributed by atoms with Crippen molar-refractivity contribution < 1.29 is 14.3 Å². The van der Waals surface area contributed by atoms with Gasteiger partial charge in [0.15, 0.2) is 11.5 Å². The van der Waals surface area contributed by atoms with E-state index in [9.17, 15) is 4.79 Å². The van der Waals surface area contributed by atoms with Crippen LogP contribution < -0.4 is 14.8 Å². The molecule has 6 heteroatoms. The molecule has 0 saturated heterocycles. The molecule has 19 heavy (non-hydrogen) atoms. The SMILES string of the molecule is COc1ccc(C(Cl)C(=O)NC2CC2)c(Cl)c1OC. The van der Waals surface area contributed by atoms with Gasteiger partial charge in [0.1, 0.15) is 5.38 Å². The molecule has 0 aromatic heterocycles. The van der Waals surface area contributed by atoms with Crippen LogP contribution >= 0.6 is 23.2 Å². The number of amides is 1. The number of alkyl halides is 1. The van der Waals surface area contributed by atoms with Crippen molar-refractivity contribution in [3.8, 4) is 11.5 Å². The van der Waals surface area contributed by atoms with Gasteiger partial charge in [0, 0.05) is 11.6 Å². The maximum atomic E-state index is 11.9. The van der Waals surface area contributed by atoms with Gasteiger partial charge in [-0.25, -0.2) is 0 Å². The summed E-state index contributed by atoms with van der Waals surface area (Å²) in [6.45, 7) is 0. The van der Waals surface area contributed by atoms with E-state index in [1.807, 2.05) is 0 Å². The van der Waals surface area contributed by atoms with Gasteiger partial charge in [0.2, 0.25) is 5.91 Å². The minimum atomic E-state index is -0.840. The second-order valence-corrected chi connectivity index (χ2v) is 5.16. The molecule has 1 fully saturated rings. The van der Waals surface area contributed by atoms with Crippen molar-refractivity contribution in [1.29, 1.82) is 0 Å². The van der Waals surface area contributed by atoms with Gasteiger partial charge >= 0.3 is 0 Å². The highest BCUT2D eigenvalue weighted by Gasteiger charge is 2.29. The smallest absolute Gasteiger partial charge is 0.242 e. The highest BCUT2D eigenvalue weighted by Crippen LogP contribution is 2.41. The van der Waals surface area contributed by atoms with Crippen LogP contribution in [-0.2, 0) is 4.79 Å². The van der Waals surface area contributed by atoms with Crippen molar-refractivity contribution in [3.05, 3.63) is 22.7 Å². The van der Waals surface area contributed by atoms with Crippen LogP contribution in [0.25, 0.3) is 0 Å². The van der Waals surface area contributed by atoms with Crippen LogP contribution in [0.3, 0.4) is 0 Å². The van der Waals surface area contributed by atoms with Crippen molar-refractivity contribution >= 4 is 29.1 Å². The number of hydrogen-bond donors (Lipinski definition) is 1. The summed E-state index contributed by atoms with van der Waals surface area (Å²) in [5, 5.41) is 2.30. The molecule has 1 atom stereocenters. The lowest BCUT2D eigenvalue weighted by Crippen LogP contribution is -2.28. The van der Waals surface area contributed by atoms with Gasteiger partial charge in [-0.3, -0.25) is 4.79 Å². The summed E-state index contributed by atoms with van der Waals surface area (Å²) in [5.74, 6) is 0.646. The van der Waals surface area contributed by atoms with Crippen LogP contribution in [0.5, 0.6) is 11.5 Å². The largest absolute Gasteiger partial charge is 0.493 e. The standard InChI is InChI=1S/C13H15Cl2NO3/c1-18-9-6-5-8(10(14)12(9)19-2)11(15)13(17)16-7-3-4-7/h5-7,11H,3-4H2,1-2H3,(H,16,17). The first-order valence-electron chi connectivity index (χ1n) is 5.93. The number of carbonyl (C=O) groups is 1. The zero-order valence-corrected chi connectivity index (χ0v) is 12.2. The summed E-state index contributed by atoms with van der Waals surface area (Å²) in [4.78, 5) is 11.9. The number of benzene rings is 1. The second kappa shape index (κ2) is 5.88. The molecule has 1 aromatic rings. The normalized spacial score (nSPS) is 15.8. The summed E-state index contributed by atoms with van der Waals surface area (Å²) in [7, 11) is 3.01. The van der Waals surface area contributed by atoms with Crippen LogP contribution in [0.2, 0.25) is 5.02 Å². The molecule has 0 aliphatic heterocycles. The van der Waals surface area contributed by atoms with Gasteiger partial charge < -0.3 is 14.8 Å². The summed E-state index contributed by atoms with van der Waals surface area (Å²) >= 11 is 12.4. The molecule has 0 radical (unpaired) electrons. The summed E-state index contributed by atoms with van der Waals surface area (Å²) in [5.41, 5.74) is 0.513. The molecule has 1 saturated carbocycles. The fraction of sp³-hybridized carbons (Fsp3) is 0.462. The first kappa shape index (κ1) is 14.3. The minimum absolute atomic E-state index is 0.238. The molecule has 0 bridgehead atoms. The van der Waals surface area contributed by atoms with Crippen LogP contribution in [0.15, 0.2) is 12.1 Å². The van der Waals surface area contributed by atoms with Gasteiger partial charge in [0.25, 0.3) is 0 Å². The first-order valence-corrected chi connectivity index (χ1v) is 6.74. The zero-order valence-electron chi connectivity index (χ0n) is 10.7. The van der Waals surface area contributed by atoms with Crippen LogP contribution in [0.1, 0.15) is 23.8 Å². The Morgan fingerprint density at radius 2 is 2.05 bits per heavy atom. The van der Waals surface area contributed by atoms with E-state index in [0.717, 1.165) is 12.8 Å². The Bertz CT molecular complexity index is 489. The number of rotatable bonds is 5. The van der Waals surface area contributed by atoms with Crippen molar-refractivity contribution in [3.63, 3.8) is 0 Å². The van der Waals surface area contributed by atoms with Crippen molar-refractivity contribution in [2.75, 3.05) is 14.2 Å². The maximum Gasteiger partial charge on any atom is 0.242 e. The van der Waals surface area contributed by atoms with E-state index in [1.54, 1.807) is 12.1 Å². The molecule has 1 aliphatic carbocycles. The molecule has 1 unspecified atom stereocenters. The summed E-state index contributed by atoms with van der Waals surface area (Å²) in [6, 6.07) is 3.61. The topological polar surface area (TPSA) is 47.6 Å². The molecule has 0 heterocycles. The average Bonchev–Trinajstić information content (AvgIpc) is 3.21. The lowest BCUT2D eigenvalue weighted by atomic mass is 10.1. The quantitative estimate of drug-likeness (QED) is 0.851. The number of halogens is 2. The van der Waals surface area contributed by atoms with E-state index in [0.29, 0.717) is 22.1 Å². The number of methoxy groups -OCH3 is 2. The van der Waals surface area contributed by atoms with E-state index in [4.69, 9.17) is 32.7 Å². The Labute approximate surface area is 122 Å². The zero-order chi connectivity index (χ0) is 14.0. The van der Waals surface area contributed by atoms with E-state index in [2.05, 4.69) is 5.32 Å². The molecular formula is C13H15Cl2NO3. The van der Waals surface area contributed by atoms with Crippen molar-refractivity contribution in [1.82, 2.24) is 5.32 Å². The Morgan fingerprint density at radius 3 is 2.58 bits per heavy atom. The van der Waals surface area contributed by atoms with Gasteiger partial charge in [-0.1, -0.05) is 17.7 Å². The lowest BCUT2D eigenvalue weighted by Gasteiger charge is -2.16. The number of carbonyl (C=O) groups excluding carboxylic acids is 1. The van der Waals surface area contributed by atoms with Crippen LogP contribution in [-0.4, -0.2) is 26.2 Å². The van der Waals surface area contributed by atoms with Crippen molar-refractivity contribution in [2.45, 2.75) is 24.3 Å². The monoisotopic (exact) mass is 303 g/mol. The number of hydrogen-bond acceptors (Lipinski definition) is 3. The third kappa shape index (κ3) is 3.07. The van der Waals surface area contributed by atoms with E-state index in [1.165, 1.54) is 14.2 Å². The fourth-order valence-corrected chi connectivity index (χ4v) is 2.39. The molecule has 104 valence electrons. The van der Waals surface area contributed by atoms with Gasteiger partial charge in [0.05, 0.1) is 19.2 Å². The maximum absolute atomic E-state index is 11.9. The highest BCUT2D eigenvalue weighted by molar-refractivity contribution is 6.37. The second-order valence-electron chi connectivity index (χ2n) is 4.35. The van der Waals surface area contributed by atoms with E-state index >= 15 is 0 Å². The molecule has 2 rings (SSSR count). The highest BCUT2D eigenvalue weighted by atomic mass is 35.5. The Kier molecular flexibility index (Phi) is 4.42. The molecule has 1 N–H and O–H groups in total. The van der Waals surface area contributed by atoms with Gasteiger partial charge in [-0.15, -0.1) is 11.6 Å². The number of ether oxygens (including phenoxy) is 2. The van der Waals surface area contributed by atoms with Crippen molar-refractivity contribution in [2.24, 2.45) is 0 Å². The van der Waals surface area contributed by atoms with Gasteiger partial charge in [-0.2, -0.15) is 0 Å². The Balaban J connectivity index is 2.25. The predicted molar refractivity (Wildman–Crippen MR) is 74.3 cm³/mol. The molecule has 1 amide bonds. The fourth-order valence-electron chi connectivity index (χ4n) is 1.74. The molecule has 4 nitrogen and oxygen atoms in total. The van der Waals surface area contributed by atoms with Crippen LogP contribution in [0.4, 0.5) is 0 Å². The third-order valence-electron chi connectivity index (χ3n) is 2.94. The lowest BCUT2D eigenvalue weighted by molar-refractivity contribution is -0.121. The van der Waals surface area contributed by atoms with Crippen LogP contribution in [0, 0.1) is 0 Å². The molecule has 0 spiro atoms. The Morgan fingerprint density at radius 1 is 1.37 bits per heavy atom.